The Hall–Kier alpha value is -1.29. The fraction of sp³-hybridized carbons (Fsp3) is 0.474. The maximum Gasteiger partial charge on any atom is 0.191 e. The summed E-state index contributed by atoms with van der Waals surface area (Å²) in [7, 11) is 1.68. The van der Waals surface area contributed by atoms with Gasteiger partial charge in [0, 0.05) is 37.4 Å². The fourth-order valence-corrected chi connectivity index (χ4v) is 3.35. The third kappa shape index (κ3) is 7.69. The van der Waals surface area contributed by atoms with Gasteiger partial charge in [-0.15, -0.1) is 35.3 Å². The first-order chi connectivity index (χ1) is 12.3. The van der Waals surface area contributed by atoms with E-state index in [-0.39, 0.29) is 29.4 Å². The van der Waals surface area contributed by atoms with E-state index < -0.39 is 11.6 Å². The highest BCUT2D eigenvalue weighted by molar-refractivity contribution is 14.0. The van der Waals surface area contributed by atoms with Gasteiger partial charge in [-0.1, -0.05) is 20.8 Å². The second-order valence-corrected chi connectivity index (χ2v) is 7.98. The van der Waals surface area contributed by atoms with Crippen molar-refractivity contribution in [1.29, 1.82) is 0 Å². The summed E-state index contributed by atoms with van der Waals surface area (Å²) in [5, 5.41) is 9.52. The van der Waals surface area contributed by atoms with Crippen LogP contribution in [0.3, 0.4) is 0 Å². The Morgan fingerprint density at radius 1 is 1.15 bits per heavy atom. The Morgan fingerprint density at radius 2 is 1.81 bits per heavy atom. The van der Waals surface area contributed by atoms with Crippen LogP contribution in [0.1, 0.15) is 37.0 Å². The van der Waals surface area contributed by atoms with Crippen LogP contribution in [0.15, 0.2) is 28.6 Å². The summed E-state index contributed by atoms with van der Waals surface area (Å²) in [6, 6.07) is 3.50. The van der Waals surface area contributed by atoms with Crippen molar-refractivity contribution in [2.24, 2.45) is 4.99 Å². The number of hydrogen-bond acceptors (Lipinski definition) is 3. The van der Waals surface area contributed by atoms with Crippen LogP contribution in [0, 0.1) is 11.6 Å². The predicted molar refractivity (Wildman–Crippen MR) is 119 cm³/mol. The normalized spacial score (nSPS) is 11.9. The number of rotatable bonds is 6. The summed E-state index contributed by atoms with van der Waals surface area (Å²) < 4.78 is 26.8. The second-order valence-electron chi connectivity index (χ2n) is 7.04. The zero-order valence-corrected chi connectivity index (χ0v) is 19.3. The molecule has 8 heteroatoms. The Kier molecular flexibility index (Phi) is 9.58. The van der Waals surface area contributed by atoms with E-state index in [0.717, 1.165) is 29.3 Å². The maximum absolute atomic E-state index is 13.6. The smallest absolute Gasteiger partial charge is 0.191 e. The molecular formula is C19H27F2IN4S. The molecule has 4 nitrogen and oxygen atoms in total. The van der Waals surface area contributed by atoms with E-state index in [1.165, 1.54) is 6.07 Å². The molecule has 2 rings (SSSR count). The lowest BCUT2D eigenvalue weighted by Crippen LogP contribution is -2.39. The number of aliphatic imine (C=N–C) groups is 1. The number of halogens is 3. The number of thiazole rings is 1. The van der Waals surface area contributed by atoms with E-state index in [1.54, 1.807) is 18.4 Å². The minimum atomic E-state index is -0.429. The Morgan fingerprint density at radius 3 is 2.41 bits per heavy atom. The van der Waals surface area contributed by atoms with E-state index in [4.69, 9.17) is 0 Å². The molecule has 0 aliphatic heterocycles. The molecule has 0 saturated heterocycles. The molecule has 0 amide bonds. The summed E-state index contributed by atoms with van der Waals surface area (Å²) in [4.78, 5) is 8.81. The summed E-state index contributed by atoms with van der Waals surface area (Å²) in [6.45, 7) is 7.61. The molecule has 0 fully saturated rings. The quantitative estimate of drug-likeness (QED) is 0.348. The van der Waals surface area contributed by atoms with Crippen LogP contribution in [-0.2, 0) is 18.3 Å². The van der Waals surface area contributed by atoms with Gasteiger partial charge in [-0.25, -0.2) is 13.8 Å². The van der Waals surface area contributed by atoms with Crippen molar-refractivity contribution < 1.29 is 8.78 Å². The molecule has 0 aliphatic rings. The molecule has 0 saturated carbocycles. The highest BCUT2D eigenvalue weighted by Crippen LogP contribution is 2.23. The molecule has 0 radical (unpaired) electrons. The van der Waals surface area contributed by atoms with E-state index >= 15 is 0 Å². The number of benzene rings is 1. The molecule has 1 aromatic carbocycles. The largest absolute Gasteiger partial charge is 0.356 e. The van der Waals surface area contributed by atoms with E-state index in [2.05, 4.69) is 46.8 Å². The van der Waals surface area contributed by atoms with Crippen molar-refractivity contribution in [3.05, 3.63) is 51.5 Å². The maximum atomic E-state index is 13.6. The second kappa shape index (κ2) is 10.9. The minimum absolute atomic E-state index is 0. The summed E-state index contributed by atoms with van der Waals surface area (Å²) >= 11 is 1.67. The van der Waals surface area contributed by atoms with Crippen LogP contribution in [-0.4, -0.2) is 31.1 Å². The van der Waals surface area contributed by atoms with Gasteiger partial charge in [0.25, 0.3) is 0 Å². The fourth-order valence-electron chi connectivity index (χ4n) is 2.33. The van der Waals surface area contributed by atoms with Crippen molar-refractivity contribution in [3.63, 3.8) is 0 Å². The van der Waals surface area contributed by atoms with Gasteiger partial charge in [0.05, 0.1) is 10.7 Å². The molecule has 0 spiro atoms. The van der Waals surface area contributed by atoms with Gasteiger partial charge in [0.15, 0.2) is 5.96 Å². The van der Waals surface area contributed by atoms with Gasteiger partial charge < -0.3 is 10.6 Å². The molecule has 150 valence electrons. The Labute approximate surface area is 180 Å². The molecule has 1 heterocycles. The van der Waals surface area contributed by atoms with Gasteiger partial charge in [0.2, 0.25) is 0 Å². The monoisotopic (exact) mass is 508 g/mol. The van der Waals surface area contributed by atoms with Crippen LogP contribution < -0.4 is 10.6 Å². The number of hydrogen-bond donors (Lipinski definition) is 2. The van der Waals surface area contributed by atoms with Gasteiger partial charge in [0.1, 0.15) is 11.6 Å². The molecule has 1 aromatic heterocycles. The molecule has 2 aromatic rings. The molecular weight excluding hydrogens is 481 g/mol. The number of nitrogens with zero attached hydrogens (tertiary/aromatic N) is 2. The van der Waals surface area contributed by atoms with Crippen LogP contribution in [0.4, 0.5) is 8.78 Å². The topological polar surface area (TPSA) is 49.3 Å². The number of nitrogens with one attached hydrogen (secondary N) is 2. The molecule has 0 atom stereocenters. The third-order valence-corrected chi connectivity index (χ3v) is 4.78. The van der Waals surface area contributed by atoms with Crippen molar-refractivity contribution in [3.8, 4) is 0 Å². The first-order valence-corrected chi connectivity index (χ1v) is 9.51. The molecule has 27 heavy (non-hydrogen) atoms. The molecule has 0 unspecified atom stereocenters. The molecule has 2 N–H and O–H groups in total. The van der Waals surface area contributed by atoms with Gasteiger partial charge in [-0.05, 0) is 30.2 Å². The molecule has 0 aliphatic carbocycles. The van der Waals surface area contributed by atoms with Crippen molar-refractivity contribution in [2.45, 2.75) is 39.0 Å². The average Bonchev–Trinajstić information content (AvgIpc) is 3.05. The van der Waals surface area contributed by atoms with Gasteiger partial charge in [-0.3, -0.25) is 4.99 Å². The summed E-state index contributed by atoms with van der Waals surface area (Å²) in [5.74, 6) is -0.189. The highest BCUT2D eigenvalue weighted by atomic mass is 127. The van der Waals surface area contributed by atoms with Crippen molar-refractivity contribution in [2.75, 3.05) is 20.1 Å². The predicted octanol–water partition coefficient (Wildman–Crippen LogP) is 4.29. The summed E-state index contributed by atoms with van der Waals surface area (Å²) in [5.41, 5.74) is 1.52. The molecule has 0 bridgehead atoms. The lowest BCUT2D eigenvalue weighted by molar-refractivity contribution is 0.570. The lowest BCUT2D eigenvalue weighted by Gasteiger charge is -2.14. The van der Waals surface area contributed by atoms with Gasteiger partial charge >= 0.3 is 0 Å². The van der Waals surface area contributed by atoms with E-state index in [0.29, 0.717) is 31.0 Å². The SMILES string of the molecule is CN=C(NCCc1nc(C(C)(C)C)cs1)NCCc1cc(F)ccc1F.I. The van der Waals surface area contributed by atoms with E-state index in [9.17, 15) is 8.78 Å². The average molecular weight is 508 g/mol. The van der Waals surface area contributed by atoms with E-state index in [1.807, 2.05) is 0 Å². The third-order valence-electron chi connectivity index (χ3n) is 3.87. The zero-order valence-electron chi connectivity index (χ0n) is 16.1. The zero-order chi connectivity index (χ0) is 19.2. The highest BCUT2D eigenvalue weighted by Gasteiger charge is 2.17. The number of aromatic nitrogens is 1. The lowest BCUT2D eigenvalue weighted by atomic mass is 9.93. The standard InChI is InChI=1S/C19H26F2N4S.HI/c1-19(2,3)16-12-26-17(25-16)8-10-24-18(22-4)23-9-7-13-11-14(20)5-6-15(13)21;/h5-6,11-12H,7-10H2,1-4H3,(H2,22,23,24);1H. The summed E-state index contributed by atoms with van der Waals surface area (Å²) in [6.07, 6.45) is 1.19. The first kappa shape index (κ1) is 23.7. The van der Waals surface area contributed by atoms with Crippen LogP contribution in [0.5, 0.6) is 0 Å². The van der Waals surface area contributed by atoms with Crippen LogP contribution >= 0.6 is 35.3 Å². The Balaban J connectivity index is 0.00000364. The minimum Gasteiger partial charge on any atom is -0.356 e. The van der Waals surface area contributed by atoms with Crippen LogP contribution in [0.25, 0.3) is 0 Å². The number of guanidine groups is 1. The first-order valence-electron chi connectivity index (χ1n) is 8.63. The van der Waals surface area contributed by atoms with Crippen molar-refractivity contribution in [1.82, 2.24) is 15.6 Å². The Bertz CT molecular complexity index is 756. The van der Waals surface area contributed by atoms with Gasteiger partial charge in [-0.2, -0.15) is 0 Å². The van der Waals surface area contributed by atoms with Crippen molar-refractivity contribution >= 4 is 41.3 Å². The van der Waals surface area contributed by atoms with Crippen LogP contribution in [0.2, 0.25) is 0 Å².